The zero-order valence-electron chi connectivity index (χ0n) is 35.6. The van der Waals surface area contributed by atoms with Gasteiger partial charge in [0.25, 0.3) is 10.1 Å². The Labute approximate surface area is 350 Å². The summed E-state index contributed by atoms with van der Waals surface area (Å²) in [5, 5.41) is 30.8. The highest BCUT2D eigenvalue weighted by molar-refractivity contribution is 7.85. The number of allylic oxidation sites excluding steroid dienone is 8. The molecule has 0 radical (unpaired) electrons. The number of rotatable bonds is 36. The zero-order valence-corrected chi connectivity index (χ0v) is 36.5. The zero-order chi connectivity index (χ0) is 42.7. The highest BCUT2D eigenvalue weighted by Crippen LogP contribution is 2.24. The van der Waals surface area contributed by atoms with Crippen LogP contribution in [-0.2, 0) is 38.7 Å². The molecular weight excluding hydrogens is 765 g/mol. The van der Waals surface area contributed by atoms with E-state index in [1.165, 1.54) is 64.2 Å². The number of ether oxygens (including phenoxy) is 4. The molecule has 6 atom stereocenters. The number of unbranched alkanes of at least 4 members (excludes halogenated alkanes) is 16. The SMILES string of the molecule is CCCCC/C=C/C/C=C/C/C=C/C/C=C/CCCCCC(=O)O[C@H](COC(=O)CCCCCCCCCCCCC)CO[C@H]1O[C@H](CS(=O)(=O)O)[C@@H](O)C(O)C1O. The average molecular weight is 843 g/mol. The summed E-state index contributed by atoms with van der Waals surface area (Å²) in [7, 11) is -4.61. The molecular formula is C45H78O12S. The van der Waals surface area contributed by atoms with Gasteiger partial charge in [0.1, 0.15) is 36.8 Å². The molecule has 0 aromatic carbocycles. The standard InChI is InChI=1S/C45H78O12S/c1-3-5-7-9-11-13-15-16-17-18-19-20-21-22-24-26-28-30-32-34-41(47)56-38(35-54-40(46)33-31-29-27-25-23-14-12-10-8-6-4-2)36-55-45-44(50)43(49)42(48)39(57-45)37-58(51,52)53/h11,13,16-17,19-20,22,24,38-39,42-45,48-50H,3-10,12,14-15,18,21,23,25-37H2,1-2H3,(H,51,52,53)/b13-11+,17-16+,20-19+,24-22+/t38-,39-,42-,43?,44?,45+/m1/s1. The van der Waals surface area contributed by atoms with E-state index in [0.717, 1.165) is 64.2 Å². The quantitative estimate of drug-likeness (QED) is 0.0204. The Morgan fingerprint density at radius 1 is 0.586 bits per heavy atom. The maximum Gasteiger partial charge on any atom is 0.306 e. The van der Waals surface area contributed by atoms with Crippen LogP contribution < -0.4 is 0 Å². The van der Waals surface area contributed by atoms with Crippen molar-refractivity contribution in [3.8, 4) is 0 Å². The summed E-state index contributed by atoms with van der Waals surface area (Å²) in [6.45, 7) is 3.68. The molecule has 13 heteroatoms. The van der Waals surface area contributed by atoms with Crippen LogP contribution in [0.25, 0.3) is 0 Å². The van der Waals surface area contributed by atoms with E-state index >= 15 is 0 Å². The lowest BCUT2D eigenvalue weighted by molar-refractivity contribution is -0.297. The number of esters is 2. The number of carbonyl (C=O) groups is 2. The molecule has 1 heterocycles. The van der Waals surface area contributed by atoms with Gasteiger partial charge in [0.2, 0.25) is 0 Å². The number of carbonyl (C=O) groups excluding carboxylic acids is 2. The second-order valence-corrected chi connectivity index (χ2v) is 16.9. The summed E-state index contributed by atoms with van der Waals surface area (Å²) >= 11 is 0. The number of aliphatic hydroxyl groups is 3. The van der Waals surface area contributed by atoms with Gasteiger partial charge in [-0.3, -0.25) is 14.1 Å². The van der Waals surface area contributed by atoms with Crippen LogP contribution in [0.4, 0.5) is 0 Å². The molecule has 1 fully saturated rings. The van der Waals surface area contributed by atoms with Crippen LogP contribution in [-0.4, -0.2) is 96.0 Å². The summed E-state index contributed by atoms with van der Waals surface area (Å²) in [5.74, 6) is -2.03. The average Bonchev–Trinajstić information content (AvgIpc) is 3.18. The van der Waals surface area contributed by atoms with Gasteiger partial charge < -0.3 is 34.3 Å². The second kappa shape index (κ2) is 35.4. The van der Waals surface area contributed by atoms with E-state index in [9.17, 15) is 37.9 Å². The third-order valence-corrected chi connectivity index (χ3v) is 10.7. The minimum absolute atomic E-state index is 0.127. The molecule has 12 nitrogen and oxygen atoms in total. The Morgan fingerprint density at radius 3 is 1.57 bits per heavy atom. The number of hydrogen-bond acceptors (Lipinski definition) is 11. The minimum atomic E-state index is -4.61. The van der Waals surface area contributed by atoms with Crippen molar-refractivity contribution < 1.29 is 56.8 Å². The monoisotopic (exact) mass is 843 g/mol. The van der Waals surface area contributed by atoms with E-state index < -0.39 is 71.2 Å². The van der Waals surface area contributed by atoms with Crippen molar-refractivity contribution in [3.63, 3.8) is 0 Å². The summed E-state index contributed by atoms with van der Waals surface area (Å²) in [5.41, 5.74) is 0. The maximum absolute atomic E-state index is 12.8. The molecule has 1 aliphatic rings. The summed E-state index contributed by atoms with van der Waals surface area (Å²) < 4.78 is 54.0. The summed E-state index contributed by atoms with van der Waals surface area (Å²) in [6.07, 6.45) is 31.6. The lowest BCUT2D eigenvalue weighted by Gasteiger charge is -2.40. The van der Waals surface area contributed by atoms with Crippen LogP contribution in [0.15, 0.2) is 48.6 Å². The smallest absolute Gasteiger partial charge is 0.306 e. The highest BCUT2D eigenvalue weighted by atomic mass is 32.2. The van der Waals surface area contributed by atoms with E-state index in [2.05, 4.69) is 62.5 Å². The molecule has 336 valence electrons. The van der Waals surface area contributed by atoms with Crippen molar-refractivity contribution in [1.82, 2.24) is 0 Å². The molecule has 4 N–H and O–H groups in total. The Hall–Kier alpha value is -2.39. The van der Waals surface area contributed by atoms with Crippen molar-refractivity contribution >= 4 is 22.1 Å². The molecule has 1 rings (SSSR count). The maximum atomic E-state index is 12.8. The first-order valence-electron chi connectivity index (χ1n) is 22.2. The van der Waals surface area contributed by atoms with E-state index in [4.69, 9.17) is 18.9 Å². The molecule has 0 saturated carbocycles. The first-order valence-corrected chi connectivity index (χ1v) is 23.8. The first-order chi connectivity index (χ1) is 28.0. The molecule has 58 heavy (non-hydrogen) atoms. The lowest BCUT2D eigenvalue weighted by Crippen LogP contribution is -2.60. The molecule has 0 aromatic heterocycles. The Balaban J connectivity index is 2.48. The molecule has 0 spiro atoms. The largest absolute Gasteiger partial charge is 0.462 e. The molecule has 0 aliphatic carbocycles. The van der Waals surface area contributed by atoms with Crippen molar-refractivity contribution in [1.29, 1.82) is 0 Å². The predicted octanol–water partition coefficient (Wildman–Crippen LogP) is 8.78. The van der Waals surface area contributed by atoms with Gasteiger partial charge in [0.05, 0.1) is 6.61 Å². The van der Waals surface area contributed by atoms with Crippen LogP contribution >= 0.6 is 0 Å². The topological polar surface area (TPSA) is 186 Å². The van der Waals surface area contributed by atoms with E-state index in [-0.39, 0.29) is 19.4 Å². The summed E-state index contributed by atoms with van der Waals surface area (Å²) in [4.78, 5) is 25.3. The number of aliphatic hydroxyl groups excluding tert-OH is 3. The summed E-state index contributed by atoms with van der Waals surface area (Å²) in [6, 6.07) is 0. The van der Waals surface area contributed by atoms with Crippen molar-refractivity contribution in [2.75, 3.05) is 19.0 Å². The van der Waals surface area contributed by atoms with Gasteiger partial charge in [-0.2, -0.15) is 8.42 Å². The fourth-order valence-corrected chi connectivity index (χ4v) is 7.11. The normalized spacial score (nSPS) is 20.8. The van der Waals surface area contributed by atoms with Gasteiger partial charge in [0.15, 0.2) is 12.4 Å². The van der Waals surface area contributed by atoms with Gasteiger partial charge in [-0.15, -0.1) is 0 Å². The lowest BCUT2D eigenvalue weighted by atomic mass is 10.00. The van der Waals surface area contributed by atoms with Crippen LogP contribution in [0, 0.1) is 0 Å². The van der Waals surface area contributed by atoms with E-state index in [0.29, 0.717) is 12.8 Å². The van der Waals surface area contributed by atoms with Crippen LogP contribution in [0.5, 0.6) is 0 Å². The van der Waals surface area contributed by atoms with Crippen molar-refractivity contribution in [3.05, 3.63) is 48.6 Å². The van der Waals surface area contributed by atoms with Crippen molar-refractivity contribution in [2.24, 2.45) is 0 Å². The van der Waals surface area contributed by atoms with Crippen molar-refractivity contribution in [2.45, 2.75) is 205 Å². The Kier molecular flexibility index (Phi) is 32.7. The molecule has 0 bridgehead atoms. The molecule has 1 saturated heterocycles. The predicted molar refractivity (Wildman–Crippen MR) is 229 cm³/mol. The van der Waals surface area contributed by atoms with Gasteiger partial charge in [-0.1, -0.05) is 146 Å². The van der Waals surface area contributed by atoms with Gasteiger partial charge in [-0.05, 0) is 57.8 Å². The van der Waals surface area contributed by atoms with Gasteiger partial charge in [-0.25, -0.2) is 0 Å². The molecule has 0 amide bonds. The van der Waals surface area contributed by atoms with Crippen LogP contribution in [0.2, 0.25) is 0 Å². The van der Waals surface area contributed by atoms with Gasteiger partial charge >= 0.3 is 11.9 Å². The van der Waals surface area contributed by atoms with Gasteiger partial charge in [0, 0.05) is 12.8 Å². The van der Waals surface area contributed by atoms with E-state index in [1.54, 1.807) is 0 Å². The third-order valence-electron chi connectivity index (χ3n) is 9.91. The molecule has 0 aromatic rings. The minimum Gasteiger partial charge on any atom is -0.462 e. The number of hydrogen-bond donors (Lipinski definition) is 4. The fraction of sp³-hybridized carbons (Fsp3) is 0.778. The van der Waals surface area contributed by atoms with E-state index in [1.807, 2.05) is 0 Å². The van der Waals surface area contributed by atoms with Crippen LogP contribution in [0.1, 0.15) is 168 Å². The first kappa shape index (κ1) is 53.6. The van der Waals surface area contributed by atoms with Crippen LogP contribution in [0.3, 0.4) is 0 Å². The fourth-order valence-electron chi connectivity index (χ4n) is 6.42. The molecule has 2 unspecified atom stereocenters. The Bertz CT molecular complexity index is 1260. The second-order valence-electron chi connectivity index (χ2n) is 15.4. The Morgan fingerprint density at radius 2 is 1.03 bits per heavy atom. The third kappa shape index (κ3) is 29.8. The molecule has 1 aliphatic heterocycles. The highest BCUT2D eigenvalue weighted by Gasteiger charge is 2.46.